The van der Waals surface area contributed by atoms with Crippen molar-refractivity contribution in [3.63, 3.8) is 0 Å². The summed E-state index contributed by atoms with van der Waals surface area (Å²) in [6, 6.07) is 8.19. The van der Waals surface area contributed by atoms with Crippen molar-refractivity contribution >= 4 is 0 Å². The lowest BCUT2D eigenvalue weighted by molar-refractivity contribution is 0.414. The van der Waals surface area contributed by atoms with Crippen molar-refractivity contribution in [2.75, 3.05) is 7.11 Å². The zero-order valence-electron chi connectivity index (χ0n) is 8.45. The van der Waals surface area contributed by atoms with Crippen LogP contribution >= 0.6 is 0 Å². The van der Waals surface area contributed by atoms with Crippen LogP contribution in [-0.2, 0) is 0 Å². The first kappa shape index (κ1) is 9.85. The van der Waals surface area contributed by atoms with Gasteiger partial charge in [0.25, 0.3) is 0 Å². The average Bonchev–Trinajstić information content (AvgIpc) is 2.18. The first-order valence-electron chi connectivity index (χ1n) is 4.54. The van der Waals surface area contributed by atoms with E-state index >= 15 is 0 Å². The highest BCUT2D eigenvalue weighted by Crippen LogP contribution is 2.19. The van der Waals surface area contributed by atoms with Gasteiger partial charge < -0.3 is 4.74 Å². The molecule has 0 aliphatic carbocycles. The molecule has 1 heteroatoms. The molecule has 0 saturated heterocycles. The van der Waals surface area contributed by atoms with Crippen molar-refractivity contribution in [1.29, 1.82) is 0 Å². The van der Waals surface area contributed by atoms with E-state index in [0.29, 0.717) is 5.92 Å². The maximum atomic E-state index is 5.09. The Bertz CT molecular complexity index is 272. The minimum atomic E-state index is 0.482. The van der Waals surface area contributed by atoms with Crippen molar-refractivity contribution in [3.8, 4) is 5.75 Å². The van der Waals surface area contributed by atoms with Gasteiger partial charge >= 0.3 is 0 Å². The van der Waals surface area contributed by atoms with Gasteiger partial charge in [0.15, 0.2) is 0 Å². The first-order chi connectivity index (χ1) is 6.27. The van der Waals surface area contributed by atoms with Crippen molar-refractivity contribution in [2.24, 2.45) is 0 Å². The first-order valence-corrected chi connectivity index (χ1v) is 4.54. The normalized spacial score (nSPS) is 13.2. The van der Waals surface area contributed by atoms with E-state index in [1.807, 2.05) is 19.1 Å². The molecule has 0 fully saturated rings. The molecule has 1 atom stereocenters. The molecule has 13 heavy (non-hydrogen) atoms. The van der Waals surface area contributed by atoms with Gasteiger partial charge in [-0.3, -0.25) is 0 Å². The molecule has 0 spiro atoms. The molecule has 1 nitrogen and oxygen atoms in total. The van der Waals surface area contributed by atoms with E-state index in [4.69, 9.17) is 4.74 Å². The van der Waals surface area contributed by atoms with E-state index in [9.17, 15) is 0 Å². The van der Waals surface area contributed by atoms with Crippen LogP contribution in [-0.4, -0.2) is 7.11 Å². The lowest BCUT2D eigenvalue weighted by atomic mass is 10.0. The number of ether oxygens (including phenoxy) is 1. The third kappa shape index (κ3) is 2.62. The van der Waals surface area contributed by atoms with Crippen LogP contribution in [0.3, 0.4) is 0 Å². The number of rotatable bonds is 3. The van der Waals surface area contributed by atoms with Gasteiger partial charge in [0.05, 0.1) is 7.11 Å². The molecule has 0 amide bonds. The van der Waals surface area contributed by atoms with E-state index in [0.717, 1.165) is 5.75 Å². The van der Waals surface area contributed by atoms with Crippen molar-refractivity contribution in [3.05, 3.63) is 42.0 Å². The highest BCUT2D eigenvalue weighted by Gasteiger charge is 2.00. The summed E-state index contributed by atoms with van der Waals surface area (Å²) in [6.45, 7) is 4.22. The van der Waals surface area contributed by atoms with E-state index in [1.165, 1.54) is 5.56 Å². The van der Waals surface area contributed by atoms with Crippen LogP contribution in [0.15, 0.2) is 36.4 Å². The number of benzene rings is 1. The van der Waals surface area contributed by atoms with Crippen molar-refractivity contribution < 1.29 is 4.74 Å². The van der Waals surface area contributed by atoms with Crippen LogP contribution in [0.4, 0.5) is 0 Å². The molecule has 0 aliphatic heterocycles. The number of allylic oxidation sites excluding steroid dienone is 2. The molecule has 1 rings (SSSR count). The van der Waals surface area contributed by atoms with Crippen LogP contribution in [0.2, 0.25) is 0 Å². The summed E-state index contributed by atoms with van der Waals surface area (Å²) >= 11 is 0. The fourth-order valence-corrected chi connectivity index (χ4v) is 1.31. The van der Waals surface area contributed by atoms with Gasteiger partial charge in [-0.2, -0.15) is 0 Å². The second-order valence-electron chi connectivity index (χ2n) is 3.09. The zero-order chi connectivity index (χ0) is 9.68. The highest BCUT2D eigenvalue weighted by molar-refractivity contribution is 5.30. The SMILES string of the molecule is C/C=C/[C@@H](C)c1ccc(OC)cc1. The van der Waals surface area contributed by atoms with Crippen LogP contribution in [0.1, 0.15) is 25.3 Å². The fraction of sp³-hybridized carbons (Fsp3) is 0.333. The standard InChI is InChI=1S/C12H16O/c1-4-5-10(2)11-6-8-12(13-3)9-7-11/h4-10H,1-3H3/b5-4+/t10-/m1/s1. The predicted molar refractivity (Wildman–Crippen MR) is 56.2 cm³/mol. The Kier molecular flexibility index (Phi) is 3.56. The van der Waals surface area contributed by atoms with Crippen molar-refractivity contribution in [1.82, 2.24) is 0 Å². The maximum absolute atomic E-state index is 5.09. The molecule has 0 bridgehead atoms. The molecule has 0 radical (unpaired) electrons. The molecule has 70 valence electrons. The Morgan fingerprint density at radius 2 is 1.85 bits per heavy atom. The second-order valence-corrected chi connectivity index (χ2v) is 3.09. The molecule has 1 aromatic rings. The summed E-state index contributed by atoms with van der Waals surface area (Å²) in [5.74, 6) is 1.40. The Morgan fingerprint density at radius 1 is 1.23 bits per heavy atom. The quantitative estimate of drug-likeness (QED) is 0.641. The zero-order valence-corrected chi connectivity index (χ0v) is 8.45. The summed E-state index contributed by atoms with van der Waals surface area (Å²) in [5.41, 5.74) is 1.32. The Morgan fingerprint density at radius 3 is 2.31 bits per heavy atom. The molecule has 0 N–H and O–H groups in total. The minimum Gasteiger partial charge on any atom is -0.497 e. The Hall–Kier alpha value is -1.24. The summed E-state index contributed by atoms with van der Waals surface area (Å²) in [5, 5.41) is 0. The molecular weight excluding hydrogens is 160 g/mol. The number of methoxy groups -OCH3 is 1. The van der Waals surface area contributed by atoms with Crippen LogP contribution in [0.5, 0.6) is 5.75 Å². The lowest BCUT2D eigenvalue weighted by Crippen LogP contribution is -1.89. The van der Waals surface area contributed by atoms with E-state index in [2.05, 4.69) is 31.2 Å². The van der Waals surface area contributed by atoms with Crippen LogP contribution in [0.25, 0.3) is 0 Å². The van der Waals surface area contributed by atoms with E-state index in [1.54, 1.807) is 7.11 Å². The second kappa shape index (κ2) is 4.70. The fourth-order valence-electron chi connectivity index (χ4n) is 1.31. The molecular formula is C12H16O. The lowest BCUT2D eigenvalue weighted by Gasteiger charge is -2.07. The monoisotopic (exact) mass is 176 g/mol. The van der Waals surface area contributed by atoms with Crippen LogP contribution in [0, 0.1) is 0 Å². The molecule has 0 aromatic heterocycles. The Labute approximate surface area is 80.0 Å². The third-order valence-corrected chi connectivity index (χ3v) is 2.12. The van der Waals surface area contributed by atoms with E-state index < -0.39 is 0 Å². The molecule has 0 unspecified atom stereocenters. The van der Waals surface area contributed by atoms with Crippen LogP contribution < -0.4 is 4.74 Å². The topological polar surface area (TPSA) is 9.23 Å². The summed E-state index contributed by atoms with van der Waals surface area (Å²) in [6.07, 6.45) is 4.26. The highest BCUT2D eigenvalue weighted by atomic mass is 16.5. The van der Waals surface area contributed by atoms with Gasteiger partial charge in [-0.15, -0.1) is 0 Å². The summed E-state index contributed by atoms with van der Waals surface area (Å²) in [4.78, 5) is 0. The van der Waals surface area contributed by atoms with Gasteiger partial charge in [-0.25, -0.2) is 0 Å². The third-order valence-electron chi connectivity index (χ3n) is 2.12. The number of hydrogen-bond donors (Lipinski definition) is 0. The largest absolute Gasteiger partial charge is 0.497 e. The molecule has 0 aliphatic rings. The van der Waals surface area contributed by atoms with Crippen molar-refractivity contribution in [2.45, 2.75) is 19.8 Å². The van der Waals surface area contributed by atoms with Gasteiger partial charge in [0.2, 0.25) is 0 Å². The van der Waals surface area contributed by atoms with Gasteiger partial charge in [0.1, 0.15) is 5.75 Å². The molecule has 0 heterocycles. The predicted octanol–water partition coefficient (Wildman–Crippen LogP) is 3.37. The minimum absolute atomic E-state index is 0.482. The number of hydrogen-bond acceptors (Lipinski definition) is 1. The summed E-state index contributed by atoms with van der Waals surface area (Å²) in [7, 11) is 1.68. The maximum Gasteiger partial charge on any atom is 0.118 e. The molecule has 1 aromatic carbocycles. The van der Waals surface area contributed by atoms with E-state index in [-0.39, 0.29) is 0 Å². The average molecular weight is 176 g/mol. The van der Waals surface area contributed by atoms with Gasteiger partial charge in [-0.05, 0) is 30.5 Å². The smallest absolute Gasteiger partial charge is 0.118 e. The van der Waals surface area contributed by atoms with Gasteiger partial charge in [-0.1, -0.05) is 31.2 Å². The van der Waals surface area contributed by atoms with Gasteiger partial charge in [0, 0.05) is 0 Å². The molecule has 0 saturated carbocycles. The Balaban J connectivity index is 2.79. The summed E-state index contributed by atoms with van der Waals surface area (Å²) < 4.78 is 5.09.